The van der Waals surface area contributed by atoms with Crippen LogP contribution in [0.25, 0.3) is 0 Å². The first kappa shape index (κ1) is 13.3. The lowest BCUT2D eigenvalue weighted by atomic mass is 10.1. The zero-order valence-electron chi connectivity index (χ0n) is 10.4. The van der Waals surface area contributed by atoms with Gasteiger partial charge in [-0.2, -0.15) is 0 Å². The highest BCUT2D eigenvalue weighted by atomic mass is 16.5. The van der Waals surface area contributed by atoms with E-state index < -0.39 is 0 Å². The van der Waals surface area contributed by atoms with Gasteiger partial charge in [0, 0.05) is 12.1 Å². The van der Waals surface area contributed by atoms with Crippen LogP contribution in [0.1, 0.15) is 18.9 Å². The van der Waals surface area contributed by atoms with Crippen molar-refractivity contribution >= 4 is 5.91 Å². The second-order valence-corrected chi connectivity index (χ2v) is 3.70. The van der Waals surface area contributed by atoms with Gasteiger partial charge in [-0.05, 0) is 19.4 Å². The molecule has 0 aliphatic heterocycles. The monoisotopic (exact) mass is 233 g/mol. The summed E-state index contributed by atoms with van der Waals surface area (Å²) in [6.45, 7) is 2.65. The van der Waals surface area contributed by atoms with Gasteiger partial charge < -0.3 is 10.1 Å². The van der Waals surface area contributed by atoms with Gasteiger partial charge in [0.15, 0.2) is 0 Å². The summed E-state index contributed by atoms with van der Waals surface area (Å²) in [6, 6.07) is 7.57. The maximum atomic E-state index is 11.7. The number of benzene rings is 1. The molecule has 1 aromatic rings. The van der Waals surface area contributed by atoms with Crippen LogP contribution in [0, 0.1) is 0 Å². The minimum Gasteiger partial charge on any atom is -0.496 e. The molecule has 1 aromatic carbocycles. The molecule has 0 saturated heterocycles. The van der Waals surface area contributed by atoms with Gasteiger partial charge in [0.05, 0.1) is 13.5 Å². The third-order valence-electron chi connectivity index (χ3n) is 2.41. The van der Waals surface area contributed by atoms with Crippen molar-refractivity contribution in [3.8, 4) is 5.75 Å². The minimum absolute atomic E-state index is 0.0269. The van der Waals surface area contributed by atoms with Crippen molar-refractivity contribution < 1.29 is 9.53 Å². The number of nitrogens with one attached hydrogen (secondary N) is 1. The number of carbonyl (C=O) groups is 1. The number of methoxy groups -OCH3 is 1. The van der Waals surface area contributed by atoms with E-state index in [2.05, 4.69) is 5.32 Å². The molecule has 0 aromatic heterocycles. The predicted molar refractivity (Wildman–Crippen MR) is 69.1 cm³/mol. The molecule has 92 valence electrons. The highest BCUT2D eigenvalue weighted by molar-refractivity contribution is 5.79. The van der Waals surface area contributed by atoms with E-state index in [-0.39, 0.29) is 5.91 Å². The van der Waals surface area contributed by atoms with Crippen LogP contribution in [-0.2, 0) is 11.2 Å². The predicted octanol–water partition coefficient (Wildman–Crippen LogP) is 2.32. The second kappa shape index (κ2) is 7.49. The van der Waals surface area contributed by atoms with Gasteiger partial charge in [-0.25, -0.2) is 0 Å². The van der Waals surface area contributed by atoms with Crippen LogP contribution in [0.5, 0.6) is 5.75 Å². The molecule has 0 heterocycles. The quantitative estimate of drug-likeness (QED) is 0.605. The number of allylic oxidation sites excluding steroid dienone is 1. The Labute approximate surface area is 102 Å². The molecule has 3 heteroatoms. The average Bonchev–Trinajstić information content (AvgIpc) is 2.35. The highest BCUT2D eigenvalue weighted by Gasteiger charge is 2.06. The van der Waals surface area contributed by atoms with Crippen molar-refractivity contribution in [3.05, 3.63) is 42.0 Å². The fourth-order valence-corrected chi connectivity index (χ4v) is 1.55. The molecule has 0 bridgehead atoms. The SMILES string of the molecule is C/C=C/CCNC(=O)Cc1ccccc1OC. The van der Waals surface area contributed by atoms with Gasteiger partial charge in [-0.3, -0.25) is 4.79 Å². The Bertz CT molecular complexity index is 386. The Morgan fingerprint density at radius 1 is 1.41 bits per heavy atom. The molecular weight excluding hydrogens is 214 g/mol. The lowest BCUT2D eigenvalue weighted by Gasteiger charge is -2.08. The van der Waals surface area contributed by atoms with E-state index in [1.54, 1.807) is 7.11 Å². The Morgan fingerprint density at radius 3 is 2.88 bits per heavy atom. The standard InChI is InChI=1S/C14H19NO2/c1-3-4-7-10-15-14(16)11-12-8-5-6-9-13(12)17-2/h3-6,8-9H,7,10-11H2,1-2H3,(H,15,16)/b4-3+. The Kier molecular flexibility index (Phi) is 5.86. The molecule has 3 nitrogen and oxygen atoms in total. The Morgan fingerprint density at radius 2 is 2.18 bits per heavy atom. The van der Waals surface area contributed by atoms with E-state index in [4.69, 9.17) is 4.74 Å². The first-order valence-electron chi connectivity index (χ1n) is 5.77. The largest absolute Gasteiger partial charge is 0.496 e. The van der Waals surface area contributed by atoms with Gasteiger partial charge in [0.1, 0.15) is 5.75 Å². The van der Waals surface area contributed by atoms with Crippen LogP contribution in [-0.4, -0.2) is 19.6 Å². The van der Waals surface area contributed by atoms with Crippen molar-refractivity contribution in [3.63, 3.8) is 0 Å². The maximum absolute atomic E-state index is 11.7. The number of hydrogen-bond acceptors (Lipinski definition) is 2. The third kappa shape index (κ3) is 4.72. The molecule has 0 unspecified atom stereocenters. The topological polar surface area (TPSA) is 38.3 Å². The van der Waals surface area contributed by atoms with E-state index in [9.17, 15) is 4.79 Å². The van der Waals surface area contributed by atoms with Crippen LogP contribution in [0.2, 0.25) is 0 Å². The maximum Gasteiger partial charge on any atom is 0.224 e. The number of rotatable bonds is 6. The summed E-state index contributed by atoms with van der Waals surface area (Å²) in [6.07, 6.45) is 5.24. The van der Waals surface area contributed by atoms with Gasteiger partial charge in [0.25, 0.3) is 0 Å². The number of amides is 1. The van der Waals surface area contributed by atoms with Gasteiger partial charge in [0.2, 0.25) is 5.91 Å². The fourth-order valence-electron chi connectivity index (χ4n) is 1.55. The van der Waals surface area contributed by atoms with E-state index >= 15 is 0 Å². The molecular formula is C14H19NO2. The highest BCUT2D eigenvalue weighted by Crippen LogP contribution is 2.17. The normalized spacial score (nSPS) is 10.5. The summed E-state index contributed by atoms with van der Waals surface area (Å²) < 4.78 is 5.20. The summed E-state index contributed by atoms with van der Waals surface area (Å²) in [5.41, 5.74) is 0.915. The van der Waals surface area contributed by atoms with Crippen LogP contribution in [0.4, 0.5) is 0 Å². The second-order valence-electron chi connectivity index (χ2n) is 3.70. The number of ether oxygens (including phenoxy) is 1. The average molecular weight is 233 g/mol. The molecule has 0 saturated carbocycles. The molecule has 1 N–H and O–H groups in total. The fraction of sp³-hybridized carbons (Fsp3) is 0.357. The molecule has 1 amide bonds. The Hall–Kier alpha value is -1.77. The lowest BCUT2D eigenvalue weighted by molar-refractivity contribution is -0.120. The minimum atomic E-state index is 0.0269. The number of carbonyl (C=O) groups excluding carboxylic acids is 1. The zero-order valence-corrected chi connectivity index (χ0v) is 10.4. The number of para-hydroxylation sites is 1. The van der Waals surface area contributed by atoms with Gasteiger partial charge in [-0.1, -0.05) is 30.4 Å². The summed E-state index contributed by atoms with van der Waals surface area (Å²) in [7, 11) is 1.61. The Balaban J connectivity index is 2.44. The summed E-state index contributed by atoms with van der Waals surface area (Å²) >= 11 is 0. The van der Waals surface area contributed by atoms with E-state index in [1.165, 1.54) is 0 Å². The van der Waals surface area contributed by atoms with Crippen molar-refractivity contribution in [1.29, 1.82) is 0 Å². The molecule has 0 aliphatic rings. The molecule has 0 atom stereocenters. The van der Waals surface area contributed by atoms with E-state index in [0.29, 0.717) is 13.0 Å². The van der Waals surface area contributed by atoms with Crippen LogP contribution in [0.3, 0.4) is 0 Å². The van der Waals surface area contributed by atoms with Crippen LogP contribution >= 0.6 is 0 Å². The first-order chi connectivity index (χ1) is 8.27. The third-order valence-corrected chi connectivity index (χ3v) is 2.41. The molecule has 17 heavy (non-hydrogen) atoms. The summed E-state index contributed by atoms with van der Waals surface area (Å²) in [5.74, 6) is 0.787. The summed E-state index contributed by atoms with van der Waals surface area (Å²) in [4.78, 5) is 11.7. The van der Waals surface area contributed by atoms with E-state index in [1.807, 2.05) is 43.3 Å². The number of hydrogen-bond donors (Lipinski definition) is 1. The van der Waals surface area contributed by atoms with Crippen molar-refractivity contribution in [2.24, 2.45) is 0 Å². The lowest BCUT2D eigenvalue weighted by Crippen LogP contribution is -2.25. The smallest absolute Gasteiger partial charge is 0.224 e. The molecule has 0 radical (unpaired) electrons. The zero-order chi connectivity index (χ0) is 12.5. The van der Waals surface area contributed by atoms with Crippen LogP contribution < -0.4 is 10.1 Å². The summed E-state index contributed by atoms with van der Waals surface area (Å²) in [5, 5.41) is 2.87. The molecule has 0 fully saturated rings. The van der Waals surface area contributed by atoms with Crippen molar-refractivity contribution in [1.82, 2.24) is 5.32 Å². The van der Waals surface area contributed by atoms with Crippen molar-refractivity contribution in [2.75, 3.05) is 13.7 Å². The molecule has 1 rings (SSSR count). The van der Waals surface area contributed by atoms with Crippen LogP contribution in [0.15, 0.2) is 36.4 Å². The molecule has 0 spiro atoms. The first-order valence-corrected chi connectivity index (χ1v) is 5.77. The van der Waals surface area contributed by atoms with Crippen molar-refractivity contribution in [2.45, 2.75) is 19.8 Å². The molecule has 0 aliphatic carbocycles. The van der Waals surface area contributed by atoms with Gasteiger partial charge >= 0.3 is 0 Å². The van der Waals surface area contributed by atoms with E-state index in [0.717, 1.165) is 17.7 Å². The van der Waals surface area contributed by atoms with Gasteiger partial charge in [-0.15, -0.1) is 0 Å².